The van der Waals surface area contributed by atoms with E-state index in [1.165, 1.54) is 16.2 Å². The summed E-state index contributed by atoms with van der Waals surface area (Å²) in [5.41, 5.74) is 4.90. The van der Waals surface area contributed by atoms with Crippen molar-refractivity contribution in [2.45, 2.75) is 58.7 Å². The predicted octanol–water partition coefficient (Wildman–Crippen LogP) is 3.01. The van der Waals surface area contributed by atoms with Crippen molar-refractivity contribution in [3.63, 3.8) is 0 Å². The molecule has 1 aromatic carbocycles. The van der Waals surface area contributed by atoms with Crippen LogP contribution in [0.3, 0.4) is 0 Å². The van der Waals surface area contributed by atoms with Crippen molar-refractivity contribution in [2.75, 3.05) is 13.2 Å². The number of hydrogen-bond acceptors (Lipinski definition) is 9. The Labute approximate surface area is 225 Å². The first-order chi connectivity index (χ1) is 18.2. The fraction of sp³-hybridized carbons (Fsp3) is 0.444. The molecule has 2 N–H and O–H groups in total. The van der Waals surface area contributed by atoms with E-state index in [1.54, 1.807) is 18.5 Å². The lowest BCUT2D eigenvalue weighted by Crippen LogP contribution is -2.48. The highest BCUT2D eigenvalue weighted by Crippen LogP contribution is 2.33. The number of rotatable bonds is 10. The first-order valence-electron chi connectivity index (χ1n) is 12.5. The Kier molecular flexibility index (Phi) is 8.58. The third-order valence-corrected chi connectivity index (χ3v) is 7.56. The van der Waals surface area contributed by atoms with E-state index in [1.807, 2.05) is 39.0 Å². The molecule has 10 nitrogen and oxygen atoms in total. The van der Waals surface area contributed by atoms with Crippen molar-refractivity contribution < 1.29 is 28.8 Å². The summed E-state index contributed by atoms with van der Waals surface area (Å²) < 4.78 is 11.0. The Morgan fingerprint density at radius 3 is 2.74 bits per heavy atom. The van der Waals surface area contributed by atoms with Gasteiger partial charge in [0, 0.05) is 31.1 Å². The van der Waals surface area contributed by atoms with Crippen molar-refractivity contribution in [3.8, 4) is 16.2 Å². The number of aliphatic hydroxyl groups is 1. The van der Waals surface area contributed by atoms with Gasteiger partial charge in [0.15, 0.2) is 6.29 Å². The zero-order valence-corrected chi connectivity index (χ0v) is 22.7. The van der Waals surface area contributed by atoms with E-state index in [0.29, 0.717) is 29.1 Å². The van der Waals surface area contributed by atoms with Gasteiger partial charge in [0.1, 0.15) is 30.1 Å². The SMILES string of the molecule is Cc1cc(C(C(=O)N2C[C@H](O)C[C@H]2C(=O)NCc2ccc(-c3scnc3C)cc2OCC=O)C(C)C)on1. The number of hydrogen-bond donors (Lipinski definition) is 2. The van der Waals surface area contributed by atoms with Crippen LogP contribution in [0.25, 0.3) is 10.4 Å². The molecule has 4 rings (SSSR count). The summed E-state index contributed by atoms with van der Waals surface area (Å²) in [5, 5.41) is 17.2. The van der Waals surface area contributed by atoms with Crippen molar-refractivity contribution in [1.82, 2.24) is 20.4 Å². The number of amides is 2. The summed E-state index contributed by atoms with van der Waals surface area (Å²) in [7, 11) is 0. The van der Waals surface area contributed by atoms with Crippen LogP contribution in [0.15, 0.2) is 34.3 Å². The second-order valence-electron chi connectivity index (χ2n) is 9.77. The van der Waals surface area contributed by atoms with Gasteiger partial charge in [0.2, 0.25) is 11.8 Å². The molecule has 1 fully saturated rings. The Balaban J connectivity index is 1.51. The quantitative estimate of drug-likeness (QED) is 0.375. The molecule has 38 heavy (non-hydrogen) atoms. The highest BCUT2D eigenvalue weighted by atomic mass is 32.1. The number of benzene rings is 1. The molecule has 3 aromatic rings. The Morgan fingerprint density at radius 2 is 2.11 bits per heavy atom. The molecular formula is C27H32N4O6S. The molecule has 0 bridgehead atoms. The van der Waals surface area contributed by atoms with Gasteiger partial charge in [0.25, 0.3) is 0 Å². The summed E-state index contributed by atoms with van der Waals surface area (Å²) in [6, 6.07) is 6.47. The molecule has 0 spiro atoms. The zero-order valence-electron chi connectivity index (χ0n) is 21.8. The summed E-state index contributed by atoms with van der Waals surface area (Å²) in [6.07, 6.45) is -0.0135. The maximum atomic E-state index is 13.6. The number of thiazole rings is 1. The topological polar surface area (TPSA) is 135 Å². The third-order valence-electron chi connectivity index (χ3n) is 6.58. The lowest BCUT2D eigenvalue weighted by atomic mass is 9.91. The van der Waals surface area contributed by atoms with Crippen LogP contribution in [-0.4, -0.2) is 63.5 Å². The van der Waals surface area contributed by atoms with Gasteiger partial charge in [-0.15, -0.1) is 11.3 Å². The summed E-state index contributed by atoms with van der Waals surface area (Å²) in [6.45, 7) is 7.56. The van der Waals surface area contributed by atoms with Gasteiger partial charge in [0.05, 0.1) is 27.9 Å². The number of carbonyl (C=O) groups is 3. The van der Waals surface area contributed by atoms with Crippen molar-refractivity contribution in [3.05, 3.63) is 52.5 Å². The first-order valence-corrected chi connectivity index (χ1v) is 13.4. The minimum Gasteiger partial charge on any atom is -0.486 e. The average molecular weight is 541 g/mol. The number of aromatic nitrogens is 2. The number of aldehydes is 1. The van der Waals surface area contributed by atoms with Gasteiger partial charge in [-0.2, -0.15) is 0 Å². The van der Waals surface area contributed by atoms with E-state index in [4.69, 9.17) is 9.26 Å². The van der Waals surface area contributed by atoms with Crippen LogP contribution in [-0.2, 0) is 20.9 Å². The van der Waals surface area contributed by atoms with E-state index in [0.717, 1.165) is 16.1 Å². The van der Waals surface area contributed by atoms with E-state index < -0.39 is 18.1 Å². The zero-order chi connectivity index (χ0) is 27.4. The smallest absolute Gasteiger partial charge is 0.243 e. The Hall–Kier alpha value is -3.57. The summed E-state index contributed by atoms with van der Waals surface area (Å²) in [5.74, 6) is -0.474. The third kappa shape index (κ3) is 5.94. The lowest BCUT2D eigenvalue weighted by Gasteiger charge is -2.28. The normalized spacial score (nSPS) is 18.0. The number of nitrogens with one attached hydrogen (secondary N) is 1. The van der Waals surface area contributed by atoms with Gasteiger partial charge < -0.3 is 24.6 Å². The monoisotopic (exact) mass is 540 g/mol. The predicted molar refractivity (Wildman–Crippen MR) is 141 cm³/mol. The summed E-state index contributed by atoms with van der Waals surface area (Å²) >= 11 is 1.51. The molecule has 2 amide bonds. The highest BCUT2D eigenvalue weighted by Gasteiger charge is 2.43. The van der Waals surface area contributed by atoms with Gasteiger partial charge in [-0.3, -0.25) is 14.4 Å². The van der Waals surface area contributed by atoms with Crippen LogP contribution in [0.1, 0.15) is 48.9 Å². The molecule has 1 unspecified atom stereocenters. The number of likely N-dealkylation sites (tertiary alicyclic amines) is 1. The number of aryl methyl sites for hydroxylation is 2. The molecule has 0 aliphatic carbocycles. The molecule has 3 heterocycles. The fourth-order valence-corrected chi connectivity index (χ4v) is 5.53. The lowest BCUT2D eigenvalue weighted by molar-refractivity contribution is -0.141. The molecule has 1 aliphatic heterocycles. The standard InChI is InChI=1S/C27H32N4O6S/c1-15(2)24(23-9-16(3)30-37-23)27(35)31-13-20(33)11-21(31)26(34)28-12-19-6-5-18(10-22(19)36-8-7-32)25-17(4)29-14-38-25/h5-7,9-10,14-15,20-21,24,33H,8,11-13H2,1-4H3,(H,28,34)/t20-,21+,24?/m1/s1. The molecule has 11 heteroatoms. The van der Waals surface area contributed by atoms with E-state index >= 15 is 0 Å². The largest absolute Gasteiger partial charge is 0.486 e. The van der Waals surface area contributed by atoms with E-state index in [2.05, 4.69) is 15.5 Å². The van der Waals surface area contributed by atoms with Crippen LogP contribution < -0.4 is 10.1 Å². The number of ether oxygens (including phenoxy) is 1. The summed E-state index contributed by atoms with van der Waals surface area (Å²) in [4.78, 5) is 44.5. The molecule has 2 aromatic heterocycles. The second-order valence-corrected chi connectivity index (χ2v) is 10.6. The molecule has 1 saturated heterocycles. The molecule has 202 valence electrons. The van der Waals surface area contributed by atoms with Crippen LogP contribution >= 0.6 is 11.3 Å². The number of carbonyl (C=O) groups excluding carboxylic acids is 3. The maximum Gasteiger partial charge on any atom is 0.243 e. The van der Waals surface area contributed by atoms with Crippen LogP contribution in [0.5, 0.6) is 5.75 Å². The van der Waals surface area contributed by atoms with Crippen molar-refractivity contribution in [1.29, 1.82) is 0 Å². The van der Waals surface area contributed by atoms with Crippen LogP contribution in [0.2, 0.25) is 0 Å². The highest BCUT2D eigenvalue weighted by molar-refractivity contribution is 7.13. The Morgan fingerprint density at radius 1 is 1.32 bits per heavy atom. The van der Waals surface area contributed by atoms with Gasteiger partial charge in [-0.1, -0.05) is 31.1 Å². The maximum absolute atomic E-state index is 13.6. The van der Waals surface area contributed by atoms with Gasteiger partial charge in [-0.05, 0) is 31.4 Å². The van der Waals surface area contributed by atoms with Gasteiger partial charge >= 0.3 is 0 Å². The van der Waals surface area contributed by atoms with Crippen molar-refractivity contribution >= 4 is 29.4 Å². The molecule has 0 radical (unpaired) electrons. The fourth-order valence-electron chi connectivity index (χ4n) is 4.73. The minimum atomic E-state index is -0.832. The number of nitrogens with zero attached hydrogens (tertiary/aromatic N) is 3. The number of β-amino-alcohol motifs (C(OH)–C–C–N with tert-alkyl or cyclic N) is 1. The first kappa shape index (κ1) is 27.5. The molecule has 1 aliphatic rings. The number of aliphatic hydroxyl groups excluding tert-OH is 1. The van der Waals surface area contributed by atoms with Crippen LogP contribution in [0, 0.1) is 19.8 Å². The molecular weight excluding hydrogens is 508 g/mol. The molecule has 0 saturated carbocycles. The average Bonchev–Trinajstić information content (AvgIpc) is 3.61. The minimum absolute atomic E-state index is 0.0594. The van der Waals surface area contributed by atoms with E-state index in [-0.39, 0.29) is 43.8 Å². The Bertz CT molecular complexity index is 1300. The van der Waals surface area contributed by atoms with E-state index in [9.17, 15) is 19.5 Å². The van der Waals surface area contributed by atoms with Gasteiger partial charge in [-0.25, -0.2) is 4.98 Å². The van der Waals surface area contributed by atoms with Crippen molar-refractivity contribution in [2.24, 2.45) is 5.92 Å². The van der Waals surface area contributed by atoms with Crippen LogP contribution in [0.4, 0.5) is 0 Å². The molecule has 3 atom stereocenters. The second kappa shape index (κ2) is 11.9.